The molecule has 1 N–H and O–H groups in total. The number of carbonyl (C=O) groups excluding carboxylic acids is 1. The molecule has 3 heterocycles. The molecule has 2 aliphatic heterocycles. The molecule has 2 saturated carbocycles. The number of nitrogens with one attached hydrogen (secondary N) is 1. The van der Waals surface area contributed by atoms with E-state index in [9.17, 15) is 9.59 Å². The molecule has 4 aliphatic rings. The van der Waals surface area contributed by atoms with Gasteiger partial charge in [-0.05, 0) is 51.0 Å². The summed E-state index contributed by atoms with van der Waals surface area (Å²) in [6.45, 7) is 4.55. The van der Waals surface area contributed by atoms with Gasteiger partial charge < -0.3 is 14.8 Å². The lowest BCUT2D eigenvalue weighted by Crippen LogP contribution is -2.42. The fourth-order valence-electron chi connectivity index (χ4n) is 5.59. The molecule has 0 radical (unpaired) electrons. The largest absolute Gasteiger partial charge is 0.337 e. The summed E-state index contributed by atoms with van der Waals surface area (Å²) in [5, 5.41) is 0. The van der Waals surface area contributed by atoms with Crippen LogP contribution in [0.1, 0.15) is 80.8 Å². The maximum absolute atomic E-state index is 12.8. The second-order valence-corrected chi connectivity index (χ2v) is 9.76. The monoisotopic (exact) mass is 398 g/mol. The lowest BCUT2D eigenvalue weighted by atomic mass is 9.87. The predicted octanol–water partition coefficient (Wildman–Crippen LogP) is 2.82. The molecular weight excluding hydrogens is 364 g/mol. The molecule has 0 aromatic carbocycles. The molecule has 1 saturated heterocycles. The van der Waals surface area contributed by atoms with Gasteiger partial charge in [0, 0.05) is 37.9 Å². The van der Waals surface area contributed by atoms with Crippen molar-refractivity contribution < 1.29 is 4.79 Å². The molecule has 1 aromatic rings. The van der Waals surface area contributed by atoms with Gasteiger partial charge in [-0.1, -0.05) is 19.3 Å². The Bertz CT molecular complexity index is 810. The van der Waals surface area contributed by atoms with Crippen LogP contribution in [0, 0.1) is 11.8 Å². The van der Waals surface area contributed by atoms with Crippen LogP contribution in [0.3, 0.4) is 0 Å². The van der Waals surface area contributed by atoms with Crippen LogP contribution >= 0.6 is 0 Å². The van der Waals surface area contributed by atoms with Crippen molar-refractivity contribution in [3.05, 3.63) is 27.4 Å². The van der Waals surface area contributed by atoms with Crippen molar-refractivity contribution in [1.29, 1.82) is 0 Å². The first kappa shape index (κ1) is 19.3. The number of nitrogens with zero attached hydrogens (tertiary/aromatic N) is 3. The summed E-state index contributed by atoms with van der Waals surface area (Å²) in [4.78, 5) is 37.7. The van der Waals surface area contributed by atoms with Crippen LogP contribution in [0.15, 0.2) is 4.79 Å². The Kier molecular flexibility index (Phi) is 5.46. The van der Waals surface area contributed by atoms with Crippen LogP contribution in [-0.2, 0) is 17.8 Å². The van der Waals surface area contributed by atoms with Crippen molar-refractivity contribution in [2.75, 3.05) is 26.2 Å². The zero-order chi connectivity index (χ0) is 19.8. The van der Waals surface area contributed by atoms with Gasteiger partial charge in [0.25, 0.3) is 5.56 Å². The zero-order valence-corrected chi connectivity index (χ0v) is 17.5. The summed E-state index contributed by atoms with van der Waals surface area (Å²) in [6, 6.07) is 0. The topological polar surface area (TPSA) is 69.3 Å². The predicted molar refractivity (Wildman–Crippen MR) is 112 cm³/mol. The van der Waals surface area contributed by atoms with Gasteiger partial charge in [-0.3, -0.25) is 9.59 Å². The molecule has 1 aromatic heterocycles. The molecule has 0 unspecified atom stereocenters. The number of rotatable bonds is 4. The molecule has 1 amide bonds. The van der Waals surface area contributed by atoms with Gasteiger partial charge in [-0.25, -0.2) is 4.98 Å². The molecule has 6 nitrogen and oxygen atoms in total. The number of aromatic amines is 1. The second kappa shape index (κ2) is 8.21. The molecule has 6 heteroatoms. The van der Waals surface area contributed by atoms with Crippen LogP contribution in [0.5, 0.6) is 0 Å². The van der Waals surface area contributed by atoms with Gasteiger partial charge in [-0.2, -0.15) is 0 Å². The molecule has 158 valence electrons. The van der Waals surface area contributed by atoms with E-state index >= 15 is 0 Å². The smallest absolute Gasteiger partial charge is 0.256 e. The summed E-state index contributed by atoms with van der Waals surface area (Å²) >= 11 is 0. The maximum atomic E-state index is 12.8. The summed E-state index contributed by atoms with van der Waals surface area (Å²) in [6.07, 6.45) is 12.0. The molecule has 0 spiro atoms. The zero-order valence-electron chi connectivity index (χ0n) is 17.5. The molecule has 1 atom stereocenters. The number of piperidine rings is 1. The van der Waals surface area contributed by atoms with Gasteiger partial charge in [0.15, 0.2) is 0 Å². The van der Waals surface area contributed by atoms with Gasteiger partial charge in [0.05, 0.1) is 17.8 Å². The van der Waals surface area contributed by atoms with Crippen molar-refractivity contribution >= 4 is 5.91 Å². The number of aromatic nitrogens is 2. The third kappa shape index (κ3) is 4.27. The van der Waals surface area contributed by atoms with E-state index in [1.807, 2.05) is 4.90 Å². The minimum absolute atomic E-state index is 0.0253. The second-order valence-electron chi connectivity index (χ2n) is 9.76. The highest BCUT2D eigenvalue weighted by Gasteiger charge is 2.36. The van der Waals surface area contributed by atoms with Gasteiger partial charge >= 0.3 is 0 Å². The Morgan fingerprint density at radius 2 is 1.86 bits per heavy atom. The molecular formula is C23H34N4O2. The Labute approximate surface area is 173 Å². The van der Waals surface area contributed by atoms with E-state index in [2.05, 4.69) is 9.88 Å². The van der Waals surface area contributed by atoms with Gasteiger partial charge in [-0.15, -0.1) is 0 Å². The third-order valence-electron chi connectivity index (χ3n) is 7.46. The van der Waals surface area contributed by atoms with Crippen LogP contribution in [0.2, 0.25) is 0 Å². The van der Waals surface area contributed by atoms with Crippen LogP contribution in [0.4, 0.5) is 0 Å². The molecule has 0 bridgehead atoms. The van der Waals surface area contributed by atoms with Crippen LogP contribution in [-0.4, -0.2) is 51.9 Å². The van der Waals surface area contributed by atoms with E-state index in [1.54, 1.807) is 0 Å². The highest BCUT2D eigenvalue weighted by molar-refractivity contribution is 5.81. The first-order valence-electron chi connectivity index (χ1n) is 11.8. The van der Waals surface area contributed by atoms with Crippen LogP contribution < -0.4 is 5.56 Å². The molecule has 2 aliphatic carbocycles. The van der Waals surface area contributed by atoms with Crippen molar-refractivity contribution in [3.8, 4) is 0 Å². The van der Waals surface area contributed by atoms with Gasteiger partial charge in [0.1, 0.15) is 5.82 Å². The SMILES string of the molecule is O=C(C1CC1)N1CCc2nc([C@H]3CCCN(CC4CCCCC4)C3)[nH]c(=O)c2C1. The number of carbonyl (C=O) groups is 1. The highest BCUT2D eigenvalue weighted by atomic mass is 16.2. The Morgan fingerprint density at radius 1 is 1.03 bits per heavy atom. The maximum Gasteiger partial charge on any atom is 0.256 e. The fourth-order valence-corrected chi connectivity index (χ4v) is 5.59. The highest BCUT2D eigenvalue weighted by Crippen LogP contribution is 2.33. The normalized spacial score (nSPS) is 26.3. The summed E-state index contributed by atoms with van der Waals surface area (Å²) in [7, 11) is 0. The first-order chi connectivity index (χ1) is 14.2. The summed E-state index contributed by atoms with van der Waals surface area (Å²) in [5.41, 5.74) is 1.61. The standard InChI is InChI=1S/C23H34N4O2/c28-22-19-15-27(23(29)17-8-9-17)12-10-20(19)24-21(25-22)18-7-4-11-26(14-18)13-16-5-2-1-3-6-16/h16-18H,1-15H2,(H,24,25,28)/t18-/m0/s1. The van der Waals surface area contributed by atoms with E-state index in [0.29, 0.717) is 31.0 Å². The lowest BCUT2D eigenvalue weighted by molar-refractivity contribution is -0.133. The number of hydrogen-bond acceptors (Lipinski definition) is 4. The quantitative estimate of drug-likeness (QED) is 0.847. The van der Waals surface area contributed by atoms with E-state index in [-0.39, 0.29) is 17.4 Å². The van der Waals surface area contributed by atoms with E-state index < -0.39 is 0 Å². The van der Waals surface area contributed by atoms with Crippen molar-refractivity contribution in [1.82, 2.24) is 19.8 Å². The van der Waals surface area contributed by atoms with Gasteiger partial charge in [0.2, 0.25) is 5.91 Å². The van der Waals surface area contributed by atoms with Crippen molar-refractivity contribution in [3.63, 3.8) is 0 Å². The van der Waals surface area contributed by atoms with E-state index in [1.165, 1.54) is 51.6 Å². The Balaban J connectivity index is 1.27. The summed E-state index contributed by atoms with van der Waals surface area (Å²) in [5.74, 6) is 2.50. The number of amides is 1. The van der Waals surface area contributed by atoms with Crippen molar-refractivity contribution in [2.24, 2.45) is 11.8 Å². The minimum atomic E-state index is -0.0253. The third-order valence-corrected chi connectivity index (χ3v) is 7.46. The van der Waals surface area contributed by atoms with Crippen LogP contribution in [0.25, 0.3) is 0 Å². The Morgan fingerprint density at radius 3 is 2.66 bits per heavy atom. The number of likely N-dealkylation sites (tertiary alicyclic amines) is 1. The molecule has 29 heavy (non-hydrogen) atoms. The average Bonchev–Trinajstić information content (AvgIpc) is 3.59. The average molecular weight is 399 g/mol. The first-order valence-corrected chi connectivity index (χ1v) is 11.8. The molecule has 5 rings (SSSR count). The number of hydrogen-bond donors (Lipinski definition) is 1. The Hall–Kier alpha value is -1.69. The van der Waals surface area contributed by atoms with Crippen molar-refractivity contribution in [2.45, 2.75) is 76.7 Å². The van der Waals surface area contributed by atoms with E-state index in [4.69, 9.17) is 4.98 Å². The minimum Gasteiger partial charge on any atom is -0.337 e. The lowest BCUT2D eigenvalue weighted by Gasteiger charge is -2.36. The summed E-state index contributed by atoms with van der Waals surface area (Å²) < 4.78 is 0. The number of H-pyrrole nitrogens is 1. The fraction of sp³-hybridized carbons (Fsp3) is 0.783. The van der Waals surface area contributed by atoms with E-state index in [0.717, 1.165) is 43.2 Å². The molecule has 3 fully saturated rings. The number of fused-ring (bicyclic) bond motifs is 1.